The van der Waals surface area contributed by atoms with Crippen molar-refractivity contribution in [3.63, 3.8) is 0 Å². The second kappa shape index (κ2) is 7.11. The van der Waals surface area contributed by atoms with Crippen molar-refractivity contribution >= 4 is 5.96 Å². The average molecular weight is 299 g/mol. The maximum atomic E-state index is 4.25. The van der Waals surface area contributed by atoms with Crippen LogP contribution in [0.25, 0.3) is 0 Å². The van der Waals surface area contributed by atoms with Crippen LogP contribution in [-0.2, 0) is 13.1 Å². The van der Waals surface area contributed by atoms with Gasteiger partial charge in [-0.1, -0.05) is 24.3 Å². The number of nitrogens with zero attached hydrogens (tertiary/aromatic N) is 3. The molecule has 0 saturated heterocycles. The highest BCUT2D eigenvalue weighted by Gasteiger charge is 2.11. The fourth-order valence-electron chi connectivity index (χ4n) is 2.15. The number of imidazole rings is 1. The molecule has 0 unspecified atom stereocenters. The van der Waals surface area contributed by atoms with E-state index in [1.165, 1.54) is 11.1 Å². The van der Waals surface area contributed by atoms with Gasteiger partial charge in [0.05, 0.1) is 6.33 Å². The van der Waals surface area contributed by atoms with Crippen LogP contribution in [0, 0.1) is 0 Å². The van der Waals surface area contributed by atoms with E-state index in [2.05, 4.69) is 70.2 Å². The second-order valence-corrected chi connectivity index (χ2v) is 6.36. The van der Waals surface area contributed by atoms with Crippen LogP contribution in [0.1, 0.15) is 31.9 Å². The third-order valence-electron chi connectivity index (χ3n) is 3.09. The van der Waals surface area contributed by atoms with E-state index >= 15 is 0 Å². The van der Waals surface area contributed by atoms with E-state index in [1.807, 2.05) is 12.5 Å². The largest absolute Gasteiger partial charge is 0.352 e. The Balaban J connectivity index is 1.95. The molecule has 0 atom stereocenters. The normalized spacial score (nSPS) is 12.3. The predicted molar refractivity (Wildman–Crippen MR) is 90.9 cm³/mol. The summed E-state index contributed by atoms with van der Waals surface area (Å²) in [5, 5.41) is 6.70. The van der Waals surface area contributed by atoms with Gasteiger partial charge >= 0.3 is 0 Å². The van der Waals surface area contributed by atoms with Crippen LogP contribution in [0.4, 0.5) is 0 Å². The van der Waals surface area contributed by atoms with Crippen molar-refractivity contribution in [2.75, 3.05) is 7.05 Å². The zero-order valence-electron chi connectivity index (χ0n) is 13.8. The van der Waals surface area contributed by atoms with Gasteiger partial charge < -0.3 is 15.2 Å². The SMILES string of the molecule is CN=C(NCc1cccc(Cn2ccnc2)c1)NC(C)(C)C. The fraction of sp³-hybridized carbons (Fsp3) is 0.412. The maximum Gasteiger partial charge on any atom is 0.191 e. The molecule has 2 rings (SSSR count). The first-order chi connectivity index (χ1) is 10.5. The van der Waals surface area contributed by atoms with Gasteiger partial charge in [0.25, 0.3) is 0 Å². The molecule has 2 N–H and O–H groups in total. The van der Waals surface area contributed by atoms with Crippen LogP contribution in [0.5, 0.6) is 0 Å². The fourth-order valence-corrected chi connectivity index (χ4v) is 2.15. The smallest absolute Gasteiger partial charge is 0.191 e. The molecule has 0 amide bonds. The third-order valence-corrected chi connectivity index (χ3v) is 3.09. The summed E-state index contributed by atoms with van der Waals surface area (Å²) < 4.78 is 2.06. The highest BCUT2D eigenvalue weighted by molar-refractivity contribution is 5.80. The van der Waals surface area contributed by atoms with Gasteiger partial charge in [-0.3, -0.25) is 4.99 Å². The summed E-state index contributed by atoms with van der Waals surface area (Å²) in [6.45, 7) is 7.93. The van der Waals surface area contributed by atoms with Crippen molar-refractivity contribution in [2.24, 2.45) is 4.99 Å². The van der Waals surface area contributed by atoms with Gasteiger partial charge in [-0.05, 0) is 31.9 Å². The molecule has 2 aromatic rings. The Labute approximate surface area is 132 Å². The van der Waals surface area contributed by atoms with Crippen molar-refractivity contribution in [1.29, 1.82) is 0 Å². The number of hydrogen-bond acceptors (Lipinski definition) is 2. The predicted octanol–water partition coefficient (Wildman–Crippen LogP) is 2.39. The van der Waals surface area contributed by atoms with Gasteiger partial charge in [0, 0.05) is 38.1 Å². The number of aliphatic imine (C=N–C) groups is 1. The molecule has 1 aromatic heterocycles. The van der Waals surface area contributed by atoms with Crippen LogP contribution in [0.2, 0.25) is 0 Å². The lowest BCUT2D eigenvalue weighted by Crippen LogP contribution is -2.47. The summed E-state index contributed by atoms with van der Waals surface area (Å²) in [5.74, 6) is 0.813. The van der Waals surface area contributed by atoms with Gasteiger partial charge in [0.15, 0.2) is 5.96 Å². The van der Waals surface area contributed by atoms with E-state index < -0.39 is 0 Å². The van der Waals surface area contributed by atoms with E-state index in [0.717, 1.165) is 19.0 Å². The molecule has 22 heavy (non-hydrogen) atoms. The first-order valence-corrected chi connectivity index (χ1v) is 7.49. The van der Waals surface area contributed by atoms with Gasteiger partial charge in [-0.25, -0.2) is 4.98 Å². The van der Waals surface area contributed by atoms with Crippen LogP contribution in [0.15, 0.2) is 48.0 Å². The Hall–Kier alpha value is -2.30. The molecule has 0 bridgehead atoms. The Morgan fingerprint density at radius 3 is 2.68 bits per heavy atom. The molecule has 0 aliphatic heterocycles. The number of guanidine groups is 1. The monoisotopic (exact) mass is 299 g/mol. The topological polar surface area (TPSA) is 54.2 Å². The molecule has 0 aliphatic carbocycles. The minimum atomic E-state index is -0.00882. The van der Waals surface area contributed by atoms with Crippen molar-refractivity contribution in [3.05, 3.63) is 54.1 Å². The van der Waals surface area contributed by atoms with Gasteiger partial charge in [-0.2, -0.15) is 0 Å². The summed E-state index contributed by atoms with van der Waals surface area (Å²) in [6.07, 6.45) is 5.60. The Morgan fingerprint density at radius 1 is 1.27 bits per heavy atom. The zero-order valence-corrected chi connectivity index (χ0v) is 13.8. The Morgan fingerprint density at radius 2 is 2.05 bits per heavy atom. The van der Waals surface area contributed by atoms with Crippen molar-refractivity contribution in [3.8, 4) is 0 Å². The van der Waals surface area contributed by atoms with E-state index in [4.69, 9.17) is 0 Å². The van der Waals surface area contributed by atoms with Crippen LogP contribution in [0.3, 0.4) is 0 Å². The van der Waals surface area contributed by atoms with Crippen LogP contribution < -0.4 is 10.6 Å². The minimum absolute atomic E-state index is 0.00882. The quantitative estimate of drug-likeness (QED) is 0.673. The molecule has 5 heteroatoms. The highest BCUT2D eigenvalue weighted by atomic mass is 15.2. The summed E-state index contributed by atoms with van der Waals surface area (Å²) in [7, 11) is 1.79. The number of hydrogen-bond donors (Lipinski definition) is 2. The van der Waals surface area contributed by atoms with Gasteiger partial charge in [0.2, 0.25) is 0 Å². The molecular formula is C17H25N5. The van der Waals surface area contributed by atoms with Crippen LogP contribution in [-0.4, -0.2) is 28.1 Å². The Kier molecular flexibility index (Phi) is 5.20. The molecule has 0 fully saturated rings. The number of benzene rings is 1. The summed E-state index contributed by atoms with van der Waals surface area (Å²) in [4.78, 5) is 8.33. The average Bonchev–Trinajstić information content (AvgIpc) is 2.95. The number of aromatic nitrogens is 2. The van der Waals surface area contributed by atoms with E-state index in [1.54, 1.807) is 13.2 Å². The molecule has 0 aliphatic rings. The van der Waals surface area contributed by atoms with Crippen LogP contribution >= 0.6 is 0 Å². The molecule has 0 spiro atoms. The third kappa shape index (κ3) is 5.24. The molecule has 1 aromatic carbocycles. The number of rotatable bonds is 4. The summed E-state index contributed by atoms with van der Waals surface area (Å²) in [6, 6.07) is 8.54. The molecule has 1 heterocycles. The highest BCUT2D eigenvalue weighted by Crippen LogP contribution is 2.07. The van der Waals surface area contributed by atoms with Crippen molar-refractivity contribution < 1.29 is 0 Å². The molecular weight excluding hydrogens is 274 g/mol. The van der Waals surface area contributed by atoms with E-state index in [0.29, 0.717) is 0 Å². The summed E-state index contributed by atoms with van der Waals surface area (Å²) >= 11 is 0. The van der Waals surface area contributed by atoms with Gasteiger partial charge in [0.1, 0.15) is 0 Å². The van der Waals surface area contributed by atoms with E-state index in [9.17, 15) is 0 Å². The molecule has 5 nitrogen and oxygen atoms in total. The molecule has 118 valence electrons. The lowest BCUT2D eigenvalue weighted by atomic mass is 10.1. The minimum Gasteiger partial charge on any atom is -0.352 e. The lowest BCUT2D eigenvalue weighted by molar-refractivity contribution is 0.501. The van der Waals surface area contributed by atoms with Crippen molar-refractivity contribution in [1.82, 2.24) is 20.2 Å². The molecule has 0 radical (unpaired) electrons. The first kappa shape index (κ1) is 16.1. The van der Waals surface area contributed by atoms with Crippen molar-refractivity contribution in [2.45, 2.75) is 39.4 Å². The first-order valence-electron chi connectivity index (χ1n) is 7.49. The number of nitrogens with one attached hydrogen (secondary N) is 2. The standard InChI is InChI=1S/C17H25N5/c1-17(2,3)21-16(18-4)20-11-14-6-5-7-15(10-14)12-22-9-8-19-13-22/h5-10,13H,11-12H2,1-4H3,(H2,18,20,21). The van der Waals surface area contributed by atoms with E-state index in [-0.39, 0.29) is 5.54 Å². The summed E-state index contributed by atoms with van der Waals surface area (Å²) in [5.41, 5.74) is 2.48. The second-order valence-electron chi connectivity index (χ2n) is 6.36. The zero-order chi connectivity index (χ0) is 16.0. The lowest BCUT2D eigenvalue weighted by Gasteiger charge is -2.23. The Bertz CT molecular complexity index is 608. The van der Waals surface area contributed by atoms with Gasteiger partial charge in [-0.15, -0.1) is 0 Å². The molecule has 0 saturated carbocycles. The maximum absolute atomic E-state index is 4.25.